The Kier molecular flexibility index (Phi) is 8.00. The summed E-state index contributed by atoms with van der Waals surface area (Å²) in [6.07, 6.45) is -2.86. The lowest BCUT2D eigenvalue weighted by Gasteiger charge is -2.37. The van der Waals surface area contributed by atoms with E-state index in [1.54, 1.807) is 12.1 Å². The summed E-state index contributed by atoms with van der Waals surface area (Å²) in [6.45, 7) is 13.6. The molecule has 0 atom stereocenters. The highest BCUT2D eigenvalue weighted by Gasteiger charge is 2.22. The van der Waals surface area contributed by atoms with Crippen molar-refractivity contribution in [1.29, 1.82) is 0 Å². The number of nitrogens with zero attached hydrogens (tertiary/aromatic N) is 5. The number of benzene rings is 2. The highest BCUT2D eigenvalue weighted by molar-refractivity contribution is 5.54. The second kappa shape index (κ2) is 11.0. The van der Waals surface area contributed by atoms with Gasteiger partial charge in [-0.2, -0.15) is 8.78 Å². The van der Waals surface area contributed by atoms with E-state index in [1.807, 2.05) is 11.9 Å². The van der Waals surface area contributed by atoms with Crippen LogP contribution >= 0.6 is 0 Å². The number of halogens is 3. The van der Waals surface area contributed by atoms with E-state index in [-0.39, 0.29) is 11.5 Å². The molecule has 2 heterocycles. The van der Waals surface area contributed by atoms with Crippen molar-refractivity contribution >= 4 is 5.69 Å². The van der Waals surface area contributed by atoms with Gasteiger partial charge in [-0.15, -0.1) is 10.2 Å². The number of rotatable bonds is 8. The van der Waals surface area contributed by atoms with Crippen molar-refractivity contribution in [2.75, 3.05) is 44.7 Å². The van der Waals surface area contributed by atoms with Crippen molar-refractivity contribution in [1.82, 2.24) is 20.0 Å². The quantitative estimate of drug-likeness (QED) is 0.400. The number of hydrogen-bond acceptors (Lipinski definition) is 6. The zero-order valence-corrected chi connectivity index (χ0v) is 21.3. The Morgan fingerprint density at radius 3 is 2.22 bits per heavy atom. The molecule has 1 aliphatic rings. The zero-order valence-electron chi connectivity index (χ0n) is 21.3. The second-order valence-electron chi connectivity index (χ2n) is 10.7. The van der Waals surface area contributed by atoms with E-state index in [0.717, 1.165) is 45.0 Å². The molecule has 6 nitrogen and oxygen atoms in total. The van der Waals surface area contributed by atoms with Crippen LogP contribution < -0.4 is 4.90 Å². The maximum atomic E-state index is 14.7. The third-order valence-corrected chi connectivity index (χ3v) is 6.28. The van der Waals surface area contributed by atoms with Crippen LogP contribution in [0.1, 0.15) is 44.2 Å². The number of aromatic nitrogens is 2. The summed E-state index contributed by atoms with van der Waals surface area (Å²) in [5.41, 5.74) is 3.31. The first-order chi connectivity index (χ1) is 17.1. The van der Waals surface area contributed by atoms with Crippen molar-refractivity contribution in [2.45, 2.75) is 40.3 Å². The van der Waals surface area contributed by atoms with Crippen LogP contribution in [0.25, 0.3) is 11.5 Å². The third kappa shape index (κ3) is 6.85. The van der Waals surface area contributed by atoms with Crippen molar-refractivity contribution in [3.63, 3.8) is 0 Å². The topological polar surface area (TPSA) is 48.6 Å². The molecule has 3 aromatic rings. The Labute approximate surface area is 210 Å². The average molecular weight is 502 g/mol. The van der Waals surface area contributed by atoms with Crippen molar-refractivity contribution in [2.24, 2.45) is 5.41 Å². The molecular formula is C27H34F3N5O. The fourth-order valence-electron chi connectivity index (χ4n) is 4.49. The lowest BCUT2D eigenvalue weighted by molar-refractivity contribution is 0.0983. The highest BCUT2D eigenvalue weighted by atomic mass is 19.3. The summed E-state index contributed by atoms with van der Waals surface area (Å²) in [5, 5.41) is 6.86. The minimum Gasteiger partial charge on any atom is -0.415 e. The molecule has 4 rings (SSSR count). The van der Waals surface area contributed by atoms with E-state index in [2.05, 4.69) is 65.0 Å². The molecular weight excluding hydrogens is 467 g/mol. The predicted molar refractivity (Wildman–Crippen MR) is 134 cm³/mol. The number of piperazine rings is 1. The zero-order chi connectivity index (χ0) is 25.9. The summed E-state index contributed by atoms with van der Waals surface area (Å²) in [5.74, 6) is -1.37. The molecule has 0 saturated carbocycles. The van der Waals surface area contributed by atoms with Crippen LogP contribution in [0.5, 0.6) is 0 Å². The molecule has 2 aromatic carbocycles. The molecule has 0 bridgehead atoms. The molecule has 0 unspecified atom stereocenters. The summed E-state index contributed by atoms with van der Waals surface area (Å²) >= 11 is 0. The van der Waals surface area contributed by atoms with Crippen LogP contribution in [0.4, 0.5) is 18.9 Å². The van der Waals surface area contributed by atoms with Crippen LogP contribution in [0.2, 0.25) is 0 Å². The fraction of sp³-hybridized carbons (Fsp3) is 0.481. The average Bonchev–Trinajstić information content (AvgIpc) is 3.32. The maximum absolute atomic E-state index is 14.7. The Hall–Kier alpha value is -2.91. The molecule has 9 heteroatoms. The first kappa shape index (κ1) is 26.2. The smallest absolute Gasteiger partial charge is 0.314 e. The SMILES string of the molecule is CN(Cc1ccc(-c2nnc(C(F)F)o2)cc1F)c1ccc(CN2CCN(CC(C)(C)C)CC2)cc1. The van der Waals surface area contributed by atoms with E-state index in [4.69, 9.17) is 4.42 Å². The van der Waals surface area contributed by atoms with Crippen LogP contribution in [0, 0.1) is 11.2 Å². The van der Waals surface area contributed by atoms with Gasteiger partial charge >= 0.3 is 6.43 Å². The Morgan fingerprint density at radius 2 is 1.64 bits per heavy atom. The maximum Gasteiger partial charge on any atom is 0.314 e. The molecule has 194 valence electrons. The largest absolute Gasteiger partial charge is 0.415 e. The van der Waals surface area contributed by atoms with E-state index >= 15 is 0 Å². The van der Waals surface area contributed by atoms with Crippen LogP contribution in [-0.4, -0.2) is 59.8 Å². The number of hydrogen-bond donors (Lipinski definition) is 0. The first-order valence-corrected chi connectivity index (χ1v) is 12.2. The van der Waals surface area contributed by atoms with Gasteiger partial charge in [0.25, 0.3) is 5.89 Å². The molecule has 1 aliphatic heterocycles. The first-order valence-electron chi connectivity index (χ1n) is 12.2. The highest BCUT2D eigenvalue weighted by Crippen LogP contribution is 2.26. The molecule has 0 radical (unpaired) electrons. The van der Waals surface area contributed by atoms with Gasteiger partial charge in [0.15, 0.2) is 0 Å². The lowest BCUT2D eigenvalue weighted by atomic mass is 9.96. The Balaban J connectivity index is 1.31. The minimum atomic E-state index is -2.86. The number of alkyl halides is 2. The fourth-order valence-corrected chi connectivity index (χ4v) is 4.49. The van der Waals surface area contributed by atoms with Crippen molar-refractivity contribution < 1.29 is 17.6 Å². The van der Waals surface area contributed by atoms with E-state index in [1.165, 1.54) is 11.6 Å². The molecule has 0 N–H and O–H groups in total. The minimum absolute atomic E-state index is 0.129. The van der Waals surface area contributed by atoms with Gasteiger partial charge in [-0.3, -0.25) is 4.90 Å². The van der Waals surface area contributed by atoms with Crippen LogP contribution in [0.15, 0.2) is 46.9 Å². The van der Waals surface area contributed by atoms with Crippen LogP contribution in [0.3, 0.4) is 0 Å². The van der Waals surface area contributed by atoms with Crippen molar-refractivity contribution in [3.05, 3.63) is 65.3 Å². The predicted octanol–water partition coefficient (Wildman–Crippen LogP) is 5.61. The summed E-state index contributed by atoms with van der Waals surface area (Å²) in [6, 6.07) is 12.8. The molecule has 1 fully saturated rings. The van der Waals surface area contributed by atoms with E-state index in [0.29, 0.717) is 17.5 Å². The summed E-state index contributed by atoms with van der Waals surface area (Å²) < 4.78 is 45.0. The van der Waals surface area contributed by atoms with Gasteiger partial charge in [0.05, 0.1) is 0 Å². The second-order valence-corrected chi connectivity index (χ2v) is 10.7. The van der Waals surface area contributed by atoms with Gasteiger partial charge in [-0.05, 0) is 35.2 Å². The number of anilines is 1. The summed E-state index contributed by atoms with van der Waals surface area (Å²) in [4.78, 5) is 7.00. The Bertz CT molecular complexity index is 1140. The van der Waals surface area contributed by atoms with Gasteiger partial charge in [0.1, 0.15) is 5.82 Å². The molecule has 1 aromatic heterocycles. The van der Waals surface area contributed by atoms with E-state index < -0.39 is 18.1 Å². The van der Waals surface area contributed by atoms with Gasteiger partial charge in [-0.25, -0.2) is 4.39 Å². The molecule has 0 spiro atoms. The molecule has 0 amide bonds. The van der Waals surface area contributed by atoms with Crippen LogP contribution in [-0.2, 0) is 13.1 Å². The normalized spacial score (nSPS) is 15.6. The monoisotopic (exact) mass is 501 g/mol. The van der Waals surface area contributed by atoms with Gasteiger partial charge in [0.2, 0.25) is 5.89 Å². The Morgan fingerprint density at radius 1 is 0.972 bits per heavy atom. The standard InChI is InChI=1S/C27H34F3N5O/c1-27(2,3)18-35-13-11-34(12-14-35)16-19-5-9-22(10-6-19)33(4)17-21-8-7-20(15-23(21)28)25-31-32-26(36-25)24(29)30/h5-10,15,24H,11-14,16-18H2,1-4H3. The lowest BCUT2D eigenvalue weighted by Crippen LogP contribution is -2.48. The molecule has 1 saturated heterocycles. The third-order valence-electron chi connectivity index (χ3n) is 6.28. The van der Waals surface area contributed by atoms with E-state index in [9.17, 15) is 13.2 Å². The molecule has 36 heavy (non-hydrogen) atoms. The van der Waals surface area contributed by atoms with Gasteiger partial charge < -0.3 is 14.2 Å². The van der Waals surface area contributed by atoms with Crippen molar-refractivity contribution in [3.8, 4) is 11.5 Å². The summed E-state index contributed by atoms with van der Waals surface area (Å²) in [7, 11) is 1.91. The molecule has 0 aliphatic carbocycles. The van der Waals surface area contributed by atoms with Gasteiger partial charge in [0, 0.05) is 69.7 Å². The van der Waals surface area contributed by atoms with Gasteiger partial charge in [-0.1, -0.05) is 39.0 Å².